The zero-order valence-electron chi connectivity index (χ0n) is 17.2. The van der Waals surface area contributed by atoms with Crippen LogP contribution in [0.25, 0.3) is 6.08 Å². The van der Waals surface area contributed by atoms with E-state index in [1.165, 1.54) is 41.3 Å². The Bertz CT molecular complexity index is 1430. The smallest absolute Gasteiger partial charge is 0.338 e. The van der Waals surface area contributed by atoms with Crippen molar-refractivity contribution in [3.05, 3.63) is 81.6 Å². The number of hydrogen-bond acceptors (Lipinski definition) is 8. The number of halogens is 1. The van der Waals surface area contributed by atoms with Crippen LogP contribution < -0.4 is 19.6 Å². The first-order chi connectivity index (χ1) is 15.3. The number of allylic oxidation sites excluding steroid dienone is 1. The van der Waals surface area contributed by atoms with Gasteiger partial charge in [0, 0.05) is 21.8 Å². The van der Waals surface area contributed by atoms with E-state index in [0.29, 0.717) is 31.9 Å². The Morgan fingerprint density at radius 3 is 2.72 bits per heavy atom. The third-order valence-corrected chi connectivity index (χ3v) is 7.15. The van der Waals surface area contributed by atoms with E-state index in [1.54, 1.807) is 31.2 Å². The fourth-order valence-corrected chi connectivity index (χ4v) is 5.67. The standard InChI is InChI=1S/C22H17BrN2O5S2/c1-11-18(21(28)29-3)19(16-5-4-8-31-16)25-20(27)17(32-22(25)24-11)10-13-9-14(23)6-7-15(13)30-12(2)26/h4-10,19H,1-3H3/b17-10+/t19-/m1/s1. The minimum atomic E-state index is -0.628. The van der Waals surface area contributed by atoms with E-state index in [2.05, 4.69) is 20.9 Å². The first-order valence-corrected chi connectivity index (χ1v) is 11.9. The van der Waals surface area contributed by atoms with Gasteiger partial charge in [0.15, 0.2) is 4.80 Å². The van der Waals surface area contributed by atoms with Crippen LogP contribution in [-0.4, -0.2) is 23.6 Å². The number of carbonyl (C=O) groups excluding carboxylic acids is 2. The highest BCUT2D eigenvalue weighted by molar-refractivity contribution is 9.10. The molecule has 0 saturated heterocycles. The van der Waals surface area contributed by atoms with Crippen LogP contribution in [0.15, 0.2) is 61.2 Å². The second kappa shape index (κ2) is 8.97. The maximum Gasteiger partial charge on any atom is 0.338 e. The van der Waals surface area contributed by atoms with Crippen molar-refractivity contribution in [3.63, 3.8) is 0 Å². The minimum Gasteiger partial charge on any atom is -0.466 e. The second-order valence-electron chi connectivity index (χ2n) is 6.86. The Labute approximate surface area is 199 Å². The summed E-state index contributed by atoms with van der Waals surface area (Å²) in [6, 6.07) is 8.28. The summed E-state index contributed by atoms with van der Waals surface area (Å²) in [5.74, 6) is -0.643. The second-order valence-corrected chi connectivity index (χ2v) is 9.77. The summed E-state index contributed by atoms with van der Waals surface area (Å²) in [5, 5.41) is 1.89. The van der Waals surface area contributed by atoms with Crippen molar-refractivity contribution in [3.8, 4) is 5.75 Å². The summed E-state index contributed by atoms with van der Waals surface area (Å²) >= 11 is 6.07. The molecule has 164 valence electrons. The molecule has 3 aromatic rings. The molecular formula is C22H17BrN2O5S2. The number of rotatable bonds is 4. The summed E-state index contributed by atoms with van der Waals surface area (Å²) in [4.78, 5) is 43.4. The van der Waals surface area contributed by atoms with E-state index in [-0.39, 0.29) is 5.56 Å². The molecule has 0 fully saturated rings. The number of carbonyl (C=O) groups is 2. The van der Waals surface area contributed by atoms with Gasteiger partial charge in [-0.05, 0) is 42.6 Å². The lowest BCUT2D eigenvalue weighted by atomic mass is 10.0. The molecule has 0 radical (unpaired) electrons. The molecule has 32 heavy (non-hydrogen) atoms. The first-order valence-electron chi connectivity index (χ1n) is 9.42. The third-order valence-electron chi connectivity index (χ3n) is 4.75. The molecule has 2 aromatic heterocycles. The van der Waals surface area contributed by atoms with Gasteiger partial charge < -0.3 is 9.47 Å². The Kier molecular flexibility index (Phi) is 6.27. The molecule has 1 aromatic carbocycles. The molecule has 0 amide bonds. The van der Waals surface area contributed by atoms with Crippen LogP contribution in [0, 0.1) is 0 Å². The fraction of sp³-hybridized carbons (Fsp3) is 0.182. The predicted octanol–water partition coefficient (Wildman–Crippen LogP) is 3.16. The maximum atomic E-state index is 13.5. The Hall–Kier alpha value is -2.82. The van der Waals surface area contributed by atoms with E-state index in [1.807, 2.05) is 17.5 Å². The molecular weight excluding hydrogens is 516 g/mol. The molecule has 3 heterocycles. The van der Waals surface area contributed by atoms with Crippen LogP contribution in [0.4, 0.5) is 0 Å². The first kappa shape index (κ1) is 22.4. The van der Waals surface area contributed by atoms with Crippen molar-refractivity contribution in [1.29, 1.82) is 0 Å². The summed E-state index contributed by atoms with van der Waals surface area (Å²) in [6.07, 6.45) is 1.66. The van der Waals surface area contributed by atoms with Gasteiger partial charge in [-0.1, -0.05) is 33.3 Å². The highest BCUT2D eigenvalue weighted by atomic mass is 79.9. The number of benzene rings is 1. The Balaban J connectivity index is 1.96. The van der Waals surface area contributed by atoms with E-state index >= 15 is 0 Å². The lowest BCUT2D eigenvalue weighted by molar-refractivity contribution is -0.136. The van der Waals surface area contributed by atoms with Gasteiger partial charge in [-0.25, -0.2) is 9.79 Å². The van der Waals surface area contributed by atoms with E-state index in [4.69, 9.17) is 9.47 Å². The topological polar surface area (TPSA) is 87.0 Å². The van der Waals surface area contributed by atoms with Gasteiger partial charge in [-0.2, -0.15) is 0 Å². The van der Waals surface area contributed by atoms with Crippen LogP contribution in [0.1, 0.15) is 30.3 Å². The van der Waals surface area contributed by atoms with Gasteiger partial charge in [0.25, 0.3) is 5.56 Å². The Morgan fingerprint density at radius 2 is 2.06 bits per heavy atom. The number of ether oxygens (including phenoxy) is 2. The van der Waals surface area contributed by atoms with E-state index < -0.39 is 18.0 Å². The summed E-state index contributed by atoms with van der Waals surface area (Å²) < 4.78 is 13.0. The number of esters is 2. The fourth-order valence-electron chi connectivity index (χ4n) is 3.43. The molecule has 1 aliphatic heterocycles. The zero-order chi connectivity index (χ0) is 23.0. The largest absolute Gasteiger partial charge is 0.466 e. The van der Waals surface area contributed by atoms with Crippen LogP contribution in [0.5, 0.6) is 5.75 Å². The molecule has 1 aliphatic rings. The van der Waals surface area contributed by atoms with Crippen molar-refractivity contribution in [2.24, 2.45) is 4.99 Å². The van der Waals surface area contributed by atoms with E-state index in [9.17, 15) is 14.4 Å². The van der Waals surface area contributed by atoms with Crippen molar-refractivity contribution in [2.45, 2.75) is 19.9 Å². The third kappa shape index (κ3) is 4.13. The minimum absolute atomic E-state index is 0.296. The number of nitrogens with zero attached hydrogens (tertiary/aromatic N) is 2. The molecule has 4 rings (SSSR count). The summed E-state index contributed by atoms with van der Waals surface area (Å²) in [7, 11) is 1.31. The monoisotopic (exact) mass is 532 g/mol. The lowest BCUT2D eigenvalue weighted by Gasteiger charge is -2.22. The molecule has 0 spiro atoms. The number of fused-ring (bicyclic) bond motifs is 1. The highest BCUT2D eigenvalue weighted by Crippen LogP contribution is 2.33. The van der Waals surface area contributed by atoms with Crippen molar-refractivity contribution in [2.75, 3.05) is 7.11 Å². The lowest BCUT2D eigenvalue weighted by Crippen LogP contribution is -2.39. The number of hydrogen-bond donors (Lipinski definition) is 0. The molecule has 0 bridgehead atoms. The predicted molar refractivity (Wildman–Crippen MR) is 126 cm³/mol. The van der Waals surface area contributed by atoms with Crippen LogP contribution in [0.3, 0.4) is 0 Å². The van der Waals surface area contributed by atoms with Gasteiger partial charge >= 0.3 is 11.9 Å². The van der Waals surface area contributed by atoms with Gasteiger partial charge in [0.05, 0.1) is 22.9 Å². The molecule has 0 N–H and O–H groups in total. The van der Waals surface area contributed by atoms with Crippen LogP contribution >= 0.6 is 38.6 Å². The quantitative estimate of drug-likeness (QED) is 0.380. The average Bonchev–Trinajstić information content (AvgIpc) is 3.37. The molecule has 1 atom stereocenters. The SMILES string of the molecule is COC(=O)C1=C(C)N=c2s/c(=C/c3cc(Br)ccc3OC(C)=O)c(=O)n2[C@@H]1c1cccs1. The average molecular weight is 533 g/mol. The highest BCUT2D eigenvalue weighted by Gasteiger charge is 2.33. The van der Waals surface area contributed by atoms with Gasteiger partial charge in [0.1, 0.15) is 11.8 Å². The van der Waals surface area contributed by atoms with Crippen LogP contribution in [-0.2, 0) is 14.3 Å². The normalized spacial score (nSPS) is 15.9. The molecule has 0 unspecified atom stereocenters. The van der Waals surface area contributed by atoms with Crippen molar-refractivity contribution < 1.29 is 19.1 Å². The number of methoxy groups -OCH3 is 1. The van der Waals surface area contributed by atoms with Gasteiger partial charge in [0.2, 0.25) is 0 Å². The molecule has 7 nitrogen and oxygen atoms in total. The van der Waals surface area contributed by atoms with Gasteiger partial charge in [-0.15, -0.1) is 11.3 Å². The summed E-state index contributed by atoms with van der Waals surface area (Å²) in [6.45, 7) is 3.05. The molecule has 0 saturated carbocycles. The zero-order valence-corrected chi connectivity index (χ0v) is 20.5. The summed E-state index contributed by atoms with van der Waals surface area (Å²) in [5.41, 5.74) is 1.11. The number of thiazole rings is 1. The van der Waals surface area contributed by atoms with Crippen molar-refractivity contribution in [1.82, 2.24) is 4.57 Å². The number of thiophene rings is 1. The molecule has 10 heteroatoms. The Morgan fingerprint density at radius 1 is 1.28 bits per heavy atom. The molecule has 0 aliphatic carbocycles. The van der Waals surface area contributed by atoms with Gasteiger partial charge in [-0.3, -0.25) is 14.2 Å². The number of aromatic nitrogens is 1. The maximum absolute atomic E-state index is 13.5. The van der Waals surface area contributed by atoms with Crippen molar-refractivity contribution >= 4 is 56.6 Å². The van der Waals surface area contributed by atoms with Crippen LogP contribution in [0.2, 0.25) is 0 Å². The van der Waals surface area contributed by atoms with E-state index in [0.717, 1.165) is 9.35 Å².